The molecule has 1 aliphatic rings. The first kappa shape index (κ1) is 16.3. The molecule has 7 nitrogen and oxygen atoms in total. The molecule has 1 atom stereocenters. The molecule has 0 aliphatic carbocycles. The molecule has 1 aromatic rings. The highest BCUT2D eigenvalue weighted by Gasteiger charge is 2.31. The Labute approximate surface area is 130 Å². The van der Waals surface area contributed by atoms with Crippen molar-refractivity contribution in [2.75, 3.05) is 19.7 Å². The van der Waals surface area contributed by atoms with E-state index in [1.807, 2.05) is 20.8 Å². The minimum atomic E-state index is -0.502. The molecule has 0 N–H and O–H groups in total. The van der Waals surface area contributed by atoms with E-state index in [1.54, 1.807) is 22.7 Å². The molecule has 0 bridgehead atoms. The molecule has 1 unspecified atom stereocenters. The van der Waals surface area contributed by atoms with Crippen LogP contribution in [-0.2, 0) is 9.47 Å². The Morgan fingerprint density at radius 1 is 1.41 bits per heavy atom. The summed E-state index contributed by atoms with van der Waals surface area (Å²) < 4.78 is 12.0. The lowest BCUT2D eigenvalue weighted by atomic mass is 10.2. The van der Waals surface area contributed by atoms with Crippen molar-refractivity contribution in [2.45, 2.75) is 45.8 Å². The summed E-state index contributed by atoms with van der Waals surface area (Å²) in [5.41, 5.74) is -0.0737. The van der Waals surface area contributed by atoms with Gasteiger partial charge in [-0.05, 0) is 34.1 Å². The predicted octanol–water partition coefficient (Wildman–Crippen LogP) is 2.24. The van der Waals surface area contributed by atoms with Crippen LogP contribution < -0.4 is 0 Å². The summed E-state index contributed by atoms with van der Waals surface area (Å²) in [6, 6.07) is 0.0516. The number of hydrogen-bond donors (Lipinski definition) is 0. The molecule has 1 saturated heterocycles. The van der Waals surface area contributed by atoms with Crippen LogP contribution in [0.3, 0.4) is 0 Å². The number of hydrogen-bond acceptors (Lipinski definition) is 5. The van der Waals surface area contributed by atoms with Crippen molar-refractivity contribution in [3.8, 4) is 0 Å². The number of carbonyl (C=O) groups is 2. The monoisotopic (exact) mass is 309 g/mol. The quantitative estimate of drug-likeness (QED) is 0.801. The van der Waals surface area contributed by atoms with Crippen LogP contribution in [0.1, 0.15) is 50.5 Å². The number of ether oxygens (including phenoxy) is 2. The third-order valence-corrected chi connectivity index (χ3v) is 3.30. The number of aromatic nitrogens is 2. The van der Waals surface area contributed by atoms with E-state index in [1.165, 1.54) is 6.20 Å². The molecule has 2 heterocycles. The Balaban J connectivity index is 1.96. The highest BCUT2D eigenvalue weighted by molar-refractivity contribution is 5.88. The van der Waals surface area contributed by atoms with Gasteiger partial charge < -0.3 is 14.4 Å². The van der Waals surface area contributed by atoms with Gasteiger partial charge in [-0.1, -0.05) is 0 Å². The van der Waals surface area contributed by atoms with Gasteiger partial charge in [0.25, 0.3) is 0 Å². The average Bonchev–Trinajstić information content (AvgIpc) is 3.06. The standard InChI is InChI=1S/C15H23N3O4/c1-5-21-13(19)11-8-16-18(9-11)12-6-7-17(10-12)14(20)22-15(2,3)4/h8-9,12H,5-7,10H2,1-4H3. The van der Waals surface area contributed by atoms with E-state index in [-0.39, 0.29) is 18.1 Å². The van der Waals surface area contributed by atoms with Gasteiger partial charge >= 0.3 is 12.1 Å². The first-order valence-electron chi connectivity index (χ1n) is 7.49. The van der Waals surface area contributed by atoms with E-state index in [0.717, 1.165) is 6.42 Å². The molecule has 0 aromatic carbocycles. The maximum atomic E-state index is 12.0. The summed E-state index contributed by atoms with van der Waals surface area (Å²) in [6.45, 7) is 8.78. The van der Waals surface area contributed by atoms with Crippen molar-refractivity contribution in [2.24, 2.45) is 0 Å². The fourth-order valence-corrected chi connectivity index (χ4v) is 2.31. The Hall–Kier alpha value is -2.05. The minimum absolute atomic E-state index is 0.0516. The van der Waals surface area contributed by atoms with E-state index in [9.17, 15) is 9.59 Å². The van der Waals surface area contributed by atoms with E-state index in [2.05, 4.69) is 5.10 Å². The normalized spacial score (nSPS) is 18.4. The van der Waals surface area contributed by atoms with Crippen LogP contribution in [-0.4, -0.2) is 52.0 Å². The van der Waals surface area contributed by atoms with E-state index in [0.29, 0.717) is 25.3 Å². The van der Waals surface area contributed by atoms with E-state index < -0.39 is 5.60 Å². The topological polar surface area (TPSA) is 73.7 Å². The summed E-state index contributed by atoms with van der Waals surface area (Å²) >= 11 is 0. The first-order valence-corrected chi connectivity index (χ1v) is 7.49. The summed E-state index contributed by atoms with van der Waals surface area (Å²) in [5, 5.41) is 4.21. The molecule has 1 aliphatic heterocycles. The smallest absolute Gasteiger partial charge is 0.410 e. The van der Waals surface area contributed by atoms with Crippen LogP contribution in [0.2, 0.25) is 0 Å². The highest BCUT2D eigenvalue weighted by atomic mass is 16.6. The zero-order chi connectivity index (χ0) is 16.3. The lowest BCUT2D eigenvalue weighted by Crippen LogP contribution is -2.35. The Kier molecular flexibility index (Phi) is 4.73. The molecular formula is C15H23N3O4. The van der Waals surface area contributed by atoms with Crippen molar-refractivity contribution >= 4 is 12.1 Å². The molecule has 1 fully saturated rings. The summed E-state index contributed by atoms with van der Waals surface area (Å²) in [7, 11) is 0. The molecule has 2 rings (SSSR count). The fraction of sp³-hybridized carbons (Fsp3) is 0.667. The molecule has 0 radical (unpaired) electrons. The van der Waals surface area contributed by atoms with Gasteiger partial charge in [-0.15, -0.1) is 0 Å². The summed E-state index contributed by atoms with van der Waals surface area (Å²) in [4.78, 5) is 25.3. The van der Waals surface area contributed by atoms with Crippen molar-refractivity contribution < 1.29 is 19.1 Å². The average molecular weight is 309 g/mol. The fourth-order valence-electron chi connectivity index (χ4n) is 2.31. The number of amides is 1. The molecule has 22 heavy (non-hydrogen) atoms. The van der Waals surface area contributed by atoms with Crippen LogP contribution in [0, 0.1) is 0 Å². The number of nitrogens with zero attached hydrogens (tertiary/aromatic N) is 3. The van der Waals surface area contributed by atoms with Gasteiger partial charge in [-0.25, -0.2) is 9.59 Å². The maximum absolute atomic E-state index is 12.0. The van der Waals surface area contributed by atoms with Crippen LogP contribution in [0.25, 0.3) is 0 Å². The number of rotatable bonds is 3. The Morgan fingerprint density at radius 2 is 2.14 bits per heavy atom. The third-order valence-electron chi connectivity index (χ3n) is 3.30. The van der Waals surface area contributed by atoms with Gasteiger partial charge in [-0.3, -0.25) is 4.68 Å². The summed E-state index contributed by atoms with van der Waals surface area (Å²) in [5.74, 6) is -0.379. The minimum Gasteiger partial charge on any atom is -0.462 e. The van der Waals surface area contributed by atoms with E-state index >= 15 is 0 Å². The second-order valence-electron chi connectivity index (χ2n) is 6.30. The van der Waals surface area contributed by atoms with Gasteiger partial charge in [0.05, 0.1) is 24.4 Å². The van der Waals surface area contributed by atoms with Crippen molar-refractivity contribution in [1.29, 1.82) is 0 Å². The van der Waals surface area contributed by atoms with Gasteiger partial charge in [0.15, 0.2) is 0 Å². The zero-order valence-electron chi connectivity index (χ0n) is 13.5. The van der Waals surface area contributed by atoms with Crippen molar-refractivity contribution in [1.82, 2.24) is 14.7 Å². The van der Waals surface area contributed by atoms with Crippen LogP contribution >= 0.6 is 0 Å². The van der Waals surface area contributed by atoms with Gasteiger partial charge in [-0.2, -0.15) is 5.10 Å². The van der Waals surface area contributed by atoms with Crippen molar-refractivity contribution in [3.05, 3.63) is 18.0 Å². The van der Waals surface area contributed by atoms with E-state index in [4.69, 9.17) is 9.47 Å². The van der Waals surface area contributed by atoms with Gasteiger partial charge in [0, 0.05) is 19.3 Å². The molecule has 0 spiro atoms. The highest BCUT2D eigenvalue weighted by Crippen LogP contribution is 2.23. The second-order valence-corrected chi connectivity index (χ2v) is 6.30. The molecule has 1 aromatic heterocycles. The Morgan fingerprint density at radius 3 is 2.77 bits per heavy atom. The van der Waals surface area contributed by atoms with Crippen LogP contribution in [0.5, 0.6) is 0 Å². The molecule has 1 amide bonds. The van der Waals surface area contributed by atoms with Gasteiger partial charge in [0.2, 0.25) is 0 Å². The number of esters is 1. The van der Waals surface area contributed by atoms with Crippen molar-refractivity contribution in [3.63, 3.8) is 0 Å². The maximum Gasteiger partial charge on any atom is 0.410 e. The largest absolute Gasteiger partial charge is 0.462 e. The third kappa shape index (κ3) is 3.99. The molecule has 0 saturated carbocycles. The predicted molar refractivity (Wildman–Crippen MR) is 79.6 cm³/mol. The van der Waals surface area contributed by atoms with Gasteiger partial charge in [0.1, 0.15) is 5.60 Å². The number of likely N-dealkylation sites (tertiary alicyclic amines) is 1. The Bertz CT molecular complexity index is 547. The summed E-state index contributed by atoms with van der Waals surface area (Å²) in [6.07, 6.45) is 3.63. The van der Waals surface area contributed by atoms with Crippen LogP contribution in [0.4, 0.5) is 4.79 Å². The van der Waals surface area contributed by atoms with Crippen LogP contribution in [0.15, 0.2) is 12.4 Å². The lowest BCUT2D eigenvalue weighted by molar-refractivity contribution is 0.0288. The lowest BCUT2D eigenvalue weighted by Gasteiger charge is -2.24. The second kappa shape index (κ2) is 6.37. The number of carbonyl (C=O) groups excluding carboxylic acids is 2. The zero-order valence-corrected chi connectivity index (χ0v) is 13.5. The molecule has 7 heteroatoms. The molecule has 122 valence electrons. The SMILES string of the molecule is CCOC(=O)c1cnn(C2CCN(C(=O)OC(C)(C)C)C2)c1. The molecular weight excluding hydrogens is 286 g/mol. The first-order chi connectivity index (χ1) is 10.3.